The maximum absolute atomic E-state index is 12.4. The van der Waals surface area contributed by atoms with Crippen molar-refractivity contribution in [3.8, 4) is 0 Å². The molecule has 0 aromatic heterocycles. The van der Waals surface area contributed by atoms with Gasteiger partial charge in [0.15, 0.2) is 0 Å². The third-order valence-electron chi connectivity index (χ3n) is 10.4. The molecule has 170 valence electrons. The Morgan fingerprint density at radius 3 is 2.37 bits per heavy atom. The van der Waals surface area contributed by atoms with Crippen molar-refractivity contribution in [2.75, 3.05) is 0 Å². The second-order valence-electron chi connectivity index (χ2n) is 12.4. The van der Waals surface area contributed by atoms with E-state index in [1.807, 2.05) is 0 Å². The highest BCUT2D eigenvalue weighted by Crippen LogP contribution is 2.67. The van der Waals surface area contributed by atoms with Crippen LogP contribution in [0.15, 0.2) is 0 Å². The Morgan fingerprint density at radius 2 is 1.63 bits per heavy atom. The van der Waals surface area contributed by atoms with E-state index in [4.69, 9.17) is 4.74 Å². The van der Waals surface area contributed by atoms with Crippen molar-refractivity contribution in [3.05, 3.63) is 0 Å². The Bertz CT molecular complexity index is 669. The molecular formula is C27H44O3. The molecule has 4 rings (SSSR count). The van der Waals surface area contributed by atoms with Gasteiger partial charge >= 0.3 is 11.9 Å². The number of esters is 2. The van der Waals surface area contributed by atoms with E-state index in [0.717, 1.165) is 36.0 Å². The number of carbonyl (C=O) groups excluding carboxylic acids is 2. The predicted molar refractivity (Wildman–Crippen MR) is 120 cm³/mol. The van der Waals surface area contributed by atoms with Crippen LogP contribution in [0.4, 0.5) is 0 Å². The predicted octanol–water partition coefficient (Wildman–Crippen LogP) is 6.79. The zero-order valence-corrected chi connectivity index (χ0v) is 20.0. The molecule has 3 nitrogen and oxygen atoms in total. The molecule has 4 aliphatic rings. The molecule has 8 atom stereocenters. The lowest BCUT2D eigenvalue weighted by atomic mass is 9.46. The van der Waals surface area contributed by atoms with Crippen molar-refractivity contribution >= 4 is 11.9 Å². The summed E-state index contributed by atoms with van der Waals surface area (Å²) in [5, 5.41) is 0. The first-order chi connectivity index (χ1) is 14.1. The summed E-state index contributed by atoms with van der Waals surface area (Å²) in [5.41, 5.74) is 0.428. The van der Waals surface area contributed by atoms with Crippen LogP contribution in [0.25, 0.3) is 0 Å². The summed E-state index contributed by atoms with van der Waals surface area (Å²) in [4.78, 5) is 24.5. The van der Waals surface area contributed by atoms with Crippen LogP contribution in [0.2, 0.25) is 0 Å². The molecule has 0 aromatic carbocycles. The smallest absolute Gasteiger partial charge is 0.314 e. The van der Waals surface area contributed by atoms with Gasteiger partial charge in [0.2, 0.25) is 0 Å². The summed E-state index contributed by atoms with van der Waals surface area (Å²) >= 11 is 0. The molecule has 0 radical (unpaired) electrons. The van der Waals surface area contributed by atoms with Crippen LogP contribution in [0.5, 0.6) is 0 Å². The average Bonchev–Trinajstić information content (AvgIpc) is 2.94. The minimum Gasteiger partial charge on any atom is -0.393 e. The minimum atomic E-state index is -0.288. The van der Waals surface area contributed by atoms with Gasteiger partial charge in [0.25, 0.3) is 0 Å². The van der Waals surface area contributed by atoms with Crippen molar-refractivity contribution in [2.45, 2.75) is 105 Å². The third-order valence-corrected chi connectivity index (χ3v) is 10.4. The van der Waals surface area contributed by atoms with Crippen molar-refractivity contribution in [3.63, 3.8) is 0 Å². The maximum atomic E-state index is 12.4. The third kappa shape index (κ3) is 3.77. The average molecular weight is 417 g/mol. The summed E-state index contributed by atoms with van der Waals surface area (Å²) < 4.78 is 5.08. The number of cyclic esters (lactones) is 2. The van der Waals surface area contributed by atoms with E-state index in [0.29, 0.717) is 30.1 Å². The second kappa shape index (κ2) is 8.24. The van der Waals surface area contributed by atoms with Gasteiger partial charge in [-0.2, -0.15) is 0 Å². The first-order valence-electron chi connectivity index (χ1n) is 12.9. The zero-order valence-electron chi connectivity index (χ0n) is 20.0. The normalized spacial score (nSPS) is 44.7. The Kier molecular flexibility index (Phi) is 6.14. The molecule has 0 N–H and O–H groups in total. The van der Waals surface area contributed by atoms with Crippen LogP contribution in [0.3, 0.4) is 0 Å². The molecule has 1 saturated heterocycles. The Morgan fingerprint density at radius 1 is 0.900 bits per heavy atom. The summed E-state index contributed by atoms with van der Waals surface area (Å²) in [6.45, 7) is 12.1. The fourth-order valence-electron chi connectivity index (χ4n) is 8.89. The van der Waals surface area contributed by atoms with Gasteiger partial charge in [-0.15, -0.1) is 0 Å². The standard InChI is InChI=1S/C27H44O3/c1-17(2)7-6-8-18(3)21-11-12-22-20-10-9-19-15-24(28)30-25(29)16-27(19,5)23(20)13-14-26(21,22)4/h17-23H,6-16H2,1-5H3/t18-,19+,20+,21+,22-,23+,26-,27+/m1/s1. The van der Waals surface area contributed by atoms with Gasteiger partial charge in [0, 0.05) is 6.42 Å². The van der Waals surface area contributed by atoms with Gasteiger partial charge in [-0.3, -0.25) is 9.59 Å². The number of rotatable bonds is 5. The van der Waals surface area contributed by atoms with E-state index in [-0.39, 0.29) is 17.4 Å². The Balaban J connectivity index is 1.50. The first kappa shape index (κ1) is 22.3. The molecule has 0 unspecified atom stereocenters. The van der Waals surface area contributed by atoms with Crippen LogP contribution in [-0.4, -0.2) is 11.9 Å². The molecule has 3 aliphatic carbocycles. The SMILES string of the molecule is CC(C)CCC[C@@H](C)[C@@H]1CC[C@@H]2[C@@H]3CC[C@H]4CC(=O)OC(=O)C[C@]4(C)[C@H]3CC[C@@]21C. The molecule has 3 heteroatoms. The van der Waals surface area contributed by atoms with Crippen LogP contribution in [0, 0.1) is 52.3 Å². The number of ether oxygens (including phenoxy) is 1. The summed E-state index contributed by atoms with van der Waals surface area (Å²) in [5.74, 6) is 4.39. The van der Waals surface area contributed by atoms with Gasteiger partial charge in [-0.1, -0.05) is 53.9 Å². The van der Waals surface area contributed by atoms with E-state index < -0.39 is 0 Å². The molecule has 3 saturated carbocycles. The molecular weight excluding hydrogens is 372 g/mol. The van der Waals surface area contributed by atoms with E-state index in [1.54, 1.807) is 0 Å². The molecule has 0 bridgehead atoms. The summed E-state index contributed by atoms with van der Waals surface area (Å²) in [6.07, 6.45) is 12.7. The van der Waals surface area contributed by atoms with Crippen LogP contribution in [-0.2, 0) is 14.3 Å². The molecule has 1 aliphatic heterocycles. The van der Waals surface area contributed by atoms with Crippen LogP contribution in [0.1, 0.15) is 105 Å². The van der Waals surface area contributed by atoms with Gasteiger partial charge in [-0.05, 0) is 90.8 Å². The number of carbonyl (C=O) groups is 2. The van der Waals surface area contributed by atoms with E-state index >= 15 is 0 Å². The monoisotopic (exact) mass is 416 g/mol. The van der Waals surface area contributed by atoms with Crippen molar-refractivity contribution < 1.29 is 14.3 Å². The van der Waals surface area contributed by atoms with Crippen LogP contribution < -0.4 is 0 Å². The summed E-state index contributed by atoms with van der Waals surface area (Å²) in [6, 6.07) is 0. The van der Waals surface area contributed by atoms with E-state index in [1.165, 1.54) is 51.4 Å². The molecule has 1 heterocycles. The fraction of sp³-hybridized carbons (Fsp3) is 0.926. The highest BCUT2D eigenvalue weighted by Gasteiger charge is 2.61. The molecule has 0 amide bonds. The molecule has 0 spiro atoms. The largest absolute Gasteiger partial charge is 0.393 e. The number of hydrogen-bond acceptors (Lipinski definition) is 3. The second-order valence-corrected chi connectivity index (χ2v) is 12.4. The van der Waals surface area contributed by atoms with E-state index in [2.05, 4.69) is 34.6 Å². The number of fused-ring (bicyclic) bond motifs is 5. The molecule has 30 heavy (non-hydrogen) atoms. The summed E-state index contributed by atoms with van der Waals surface area (Å²) in [7, 11) is 0. The minimum absolute atomic E-state index is 0.0472. The number of hydrogen-bond donors (Lipinski definition) is 0. The van der Waals surface area contributed by atoms with Gasteiger partial charge < -0.3 is 4.74 Å². The lowest BCUT2D eigenvalue weighted by Crippen LogP contribution is -2.52. The van der Waals surface area contributed by atoms with Gasteiger partial charge in [0.1, 0.15) is 0 Å². The fourth-order valence-corrected chi connectivity index (χ4v) is 8.89. The maximum Gasteiger partial charge on any atom is 0.314 e. The topological polar surface area (TPSA) is 43.4 Å². The first-order valence-corrected chi connectivity index (χ1v) is 12.9. The highest BCUT2D eigenvalue weighted by atomic mass is 16.6. The van der Waals surface area contributed by atoms with Crippen molar-refractivity contribution in [1.82, 2.24) is 0 Å². The lowest BCUT2D eigenvalue weighted by Gasteiger charge is -2.58. The van der Waals surface area contributed by atoms with Gasteiger partial charge in [-0.25, -0.2) is 0 Å². The quantitative estimate of drug-likeness (QED) is 0.366. The zero-order chi connectivity index (χ0) is 21.7. The Labute approximate surface area is 184 Å². The molecule has 0 aromatic rings. The lowest BCUT2D eigenvalue weighted by molar-refractivity contribution is -0.159. The van der Waals surface area contributed by atoms with E-state index in [9.17, 15) is 9.59 Å². The van der Waals surface area contributed by atoms with Crippen molar-refractivity contribution in [1.29, 1.82) is 0 Å². The molecule has 4 fully saturated rings. The van der Waals surface area contributed by atoms with Gasteiger partial charge in [0.05, 0.1) is 6.42 Å². The van der Waals surface area contributed by atoms with Crippen LogP contribution >= 0.6 is 0 Å². The highest BCUT2D eigenvalue weighted by molar-refractivity contribution is 5.87. The Hall–Kier alpha value is -0.860. The van der Waals surface area contributed by atoms with Crippen molar-refractivity contribution in [2.24, 2.45) is 52.3 Å².